The molecule has 0 N–H and O–H groups in total. The fourth-order valence-electron chi connectivity index (χ4n) is 9.14. The molecule has 0 radical (unpaired) electrons. The Morgan fingerprint density at radius 1 is 0.525 bits per heavy atom. The molecule has 0 saturated carbocycles. The Labute approximate surface area is 340 Å². The molecule has 0 atom stereocenters. The highest BCUT2D eigenvalue weighted by Gasteiger charge is 2.38. The van der Waals surface area contributed by atoms with Gasteiger partial charge in [0.15, 0.2) is 5.69 Å². The van der Waals surface area contributed by atoms with Gasteiger partial charge in [0.2, 0.25) is 0 Å². The van der Waals surface area contributed by atoms with Crippen molar-refractivity contribution in [1.29, 1.82) is 5.26 Å². The fourth-order valence-corrected chi connectivity index (χ4v) is 9.14. The van der Waals surface area contributed by atoms with Gasteiger partial charge in [-0.15, -0.1) is 0 Å². The van der Waals surface area contributed by atoms with Crippen LogP contribution in [0.2, 0.25) is 0 Å². The van der Waals surface area contributed by atoms with Crippen molar-refractivity contribution < 1.29 is 13.2 Å². The highest BCUT2D eigenvalue weighted by molar-refractivity contribution is 6.12. The lowest BCUT2D eigenvalue weighted by molar-refractivity contribution is -0.137. The second kappa shape index (κ2) is 13.5. The molecule has 4 nitrogen and oxygen atoms in total. The zero-order chi connectivity index (χ0) is 41.7. The summed E-state index contributed by atoms with van der Waals surface area (Å²) in [6.07, 6.45) is -4.73. The topological polar surface area (TPSA) is 38.0 Å². The van der Waals surface area contributed by atoms with Crippen LogP contribution in [0.15, 0.2) is 109 Å². The second-order valence-corrected chi connectivity index (χ2v) is 15.9. The van der Waals surface area contributed by atoms with Gasteiger partial charge in [-0.25, -0.2) is 4.85 Å². The number of nitrogens with zero attached hydrogens (tertiary/aromatic N) is 4. The molecule has 0 aliphatic heterocycles. The van der Waals surface area contributed by atoms with E-state index in [-0.39, 0.29) is 16.7 Å². The molecule has 2 heterocycles. The third-order valence-corrected chi connectivity index (χ3v) is 12.0. The van der Waals surface area contributed by atoms with E-state index in [1.165, 1.54) is 6.92 Å². The van der Waals surface area contributed by atoms with Crippen molar-refractivity contribution >= 4 is 49.3 Å². The van der Waals surface area contributed by atoms with Crippen LogP contribution in [0.25, 0.3) is 82.1 Å². The molecule has 0 bridgehead atoms. The minimum absolute atomic E-state index is 0.0426. The number of aryl methyl sites for hydroxylation is 4. The summed E-state index contributed by atoms with van der Waals surface area (Å²) in [7, 11) is 0. The number of rotatable bonds is 4. The Hall–Kier alpha value is -7.09. The predicted octanol–water partition coefficient (Wildman–Crippen LogP) is 14.8. The van der Waals surface area contributed by atoms with E-state index in [4.69, 9.17) is 6.57 Å². The lowest BCUT2D eigenvalue weighted by atomic mass is 9.84. The number of fused-ring (bicyclic) bond motifs is 6. The molecule has 0 saturated heterocycles. The summed E-state index contributed by atoms with van der Waals surface area (Å²) in [5.41, 5.74) is 12.1. The van der Waals surface area contributed by atoms with E-state index in [9.17, 15) is 5.26 Å². The summed E-state index contributed by atoms with van der Waals surface area (Å²) < 4.78 is 50.3. The molecule has 2 aromatic heterocycles. The van der Waals surface area contributed by atoms with Crippen molar-refractivity contribution in [3.63, 3.8) is 0 Å². The first-order chi connectivity index (χ1) is 28.2. The van der Waals surface area contributed by atoms with Gasteiger partial charge in [-0.3, -0.25) is 0 Å². The first-order valence-corrected chi connectivity index (χ1v) is 19.5. The minimum Gasteiger partial charge on any atom is -0.309 e. The van der Waals surface area contributed by atoms with Crippen molar-refractivity contribution in [1.82, 2.24) is 9.13 Å². The van der Waals surface area contributed by atoms with Gasteiger partial charge in [0.1, 0.15) is 0 Å². The fraction of sp³-hybridized carbons (Fsp3) is 0.154. The number of benzene rings is 7. The van der Waals surface area contributed by atoms with Crippen LogP contribution in [0.4, 0.5) is 18.9 Å². The molecular formula is C52H39F3N4. The Balaban J connectivity index is 1.48. The Morgan fingerprint density at radius 3 is 1.44 bits per heavy atom. The van der Waals surface area contributed by atoms with Gasteiger partial charge in [-0.1, -0.05) is 66.7 Å². The van der Waals surface area contributed by atoms with Gasteiger partial charge >= 0.3 is 6.18 Å². The van der Waals surface area contributed by atoms with E-state index in [1.54, 1.807) is 19.9 Å². The second-order valence-electron chi connectivity index (χ2n) is 15.9. The third-order valence-electron chi connectivity index (χ3n) is 12.0. The average Bonchev–Trinajstić information content (AvgIpc) is 3.68. The third kappa shape index (κ3) is 5.80. The Morgan fingerprint density at radius 2 is 1.00 bits per heavy atom. The molecule has 9 aromatic rings. The van der Waals surface area contributed by atoms with Gasteiger partial charge in [-0.05, 0) is 147 Å². The van der Waals surface area contributed by atoms with Crippen LogP contribution < -0.4 is 0 Å². The van der Waals surface area contributed by atoms with Crippen LogP contribution in [-0.2, 0) is 6.18 Å². The quantitative estimate of drug-likeness (QED) is 0.164. The van der Waals surface area contributed by atoms with Gasteiger partial charge in [0.25, 0.3) is 0 Å². The van der Waals surface area contributed by atoms with Gasteiger partial charge in [-0.2, -0.15) is 18.4 Å². The maximum atomic E-state index is 15.3. The zero-order valence-electron chi connectivity index (χ0n) is 33.8. The monoisotopic (exact) mass is 776 g/mol. The molecular weight excluding hydrogens is 738 g/mol. The lowest BCUT2D eigenvalue weighted by Crippen LogP contribution is -2.14. The van der Waals surface area contributed by atoms with Crippen molar-refractivity contribution in [3.05, 3.63) is 171 Å². The molecule has 0 spiro atoms. The van der Waals surface area contributed by atoms with Crippen LogP contribution >= 0.6 is 0 Å². The number of nitriles is 1. The molecule has 0 unspecified atom stereocenters. The first-order valence-electron chi connectivity index (χ1n) is 19.5. The van der Waals surface area contributed by atoms with Crippen LogP contribution in [0.3, 0.4) is 0 Å². The molecule has 288 valence electrons. The van der Waals surface area contributed by atoms with E-state index in [0.29, 0.717) is 28.1 Å². The summed E-state index contributed by atoms with van der Waals surface area (Å²) in [6.45, 7) is 21.1. The number of aromatic nitrogens is 2. The summed E-state index contributed by atoms with van der Waals surface area (Å²) in [4.78, 5) is 3.88. The van der Waals surface area contributed by atoms with Crippen LogP contribution in [0.5, 0.6) is 0 Å². The lowest BCUT2D eigenvalue weighted by Gasteiger charge is -2.24. The average molecular weight is 777 g/mol. The maximum absolute atomic E-state index is 15.3. The maximum Gasteiger partial charge on any atom is 0.417 e. The highest BCUT2D eigenvalue weighted by atomic mass is 19.4. The normalized spacial score (nSPS) is 11.9. The Kier molecular flexibility index (Phi) is 8.58. The molecule has 59 heavy (non-hydrogen) atoms. The van der Waals surface area contributed by atoms with E-state index >= 15 is 13.2 Å². The van der Waals surface area contributed by atoms with Crippen molar-refractivity contribution in [3.8, 4) is 39.7 Å². The summed E-state index contributed by atoms with van der Waals surface area (Å²) in [5.74, 6) is 0. The number of alkyl halides is 3. The molecule has 9 rings (SSSR count). The molecule has 0 aliphatic rings. The van der Waals surface area contributed by atoms with Crippen LogP contribution in [0.1, 0.15) is 50.1 Å². The van der Waals surface area contributed by atoms with Gasteiger partial charge in [0, 0.05) is 27.1 Å². The van der Waals surface area contributed by atoms with E-state index in [0.717, 1.165) is 82.7 Å². The Bertz CT molecular complexity index is 3240. The molecule has 0 amide bonds. The standard InChI is InChI=1S/C52H39F3N4/c1-28-9-15-37-38-16-10-29(2)22-46(38)58(45(37)21-28)44-20-14-36(57-8)26-42(44)41-19-13-35(50-33(6)32(5)43(27-56)34(7)51(50)52(53,54)55)25-49(41)59-47-23-30(3)11-17-39(47)40-18-12-31(4)24-48(40)59/h9-26H,1-7H3. The van der Waals surface area contributed by atoms with Crippen molar-refractivity contribution in [2.24, 2.45) is 0 Å². The minimum atomic E-state index is -4.73. The molecule has 7 aromatic carbocycles. The molecule has 7 heteroatoms. The predicted molar refractivity (Wildman–Crippen MR) is 235 cm³/mol. The molecule has 0 fully saturated rings. The smallest absolute Gasteiger partial charge is 0.309 e. The number of hydrogen-bond donors (Lipinski definition) is 0. The van der Waals surface area contributed by atoms with E-state index in [2.05, 4.69) is 101 Å². The molecule has 0 aliphatic carbocycles. The SMILES string of the molecule is [C-]#[N+]c1ccc(-n2c3cc(C)ccc3c3ccc(C)cc32)c(-c2ccc(-c3c(C)c(C)c(C#N)c(C)c3C(F)(F)F)cc2-n2c3cc(C)ccc3c3ccc(C)cc32)c1. The largest absolute Gasteiger partial charge is 0.417 e. The summed E-state index contributed by atoms with van der Waals surface area (Å²) in [6, 6.07) is 38.8. The summed E-state index contributed by atoms with van der Waals surface area (Å²) in [5, 5.41) is 14.2. The van der Waals surface area contributed by atoms with Gasteiger partial charge in [0.05, 0.1) is 57.2 Å². The zero-order valence-corrected chi connectivity index (χ0v) is 33.8. The van der Waals surface area contributed by atoms with Crippen LogP contribution in [-0.4, -0.2) is 9.13 Å². The summed E-state index contributed by atoms with van der Waals surface area (Å²) >= 11 is 0. The highest BCUT2D eigenvalue weighted by Crippen LogP contribution is 2.47. The van der Waals surface area contributed by atoms with Gasteiger partial charge < -0.3 is 9.13 Å². The van der Waals surface area contributed by atoms with Crippen LogP contribution in [0, 0.1) is 66.4 Å². The number of hydrogen-bond acceptors (Lipinski definition) is 1. The number of halogens is 3. The first kappa shape index (κ1) is 37.5. The van der Waals surface area contributed by atoms with Crippen molar-refractivity contribution in [2.75, 3.05) is 0 Å². The van der Waals surface area contributed by atoms with Crippen molar-refractivity contribution in [2.45, 2.75) is 54.6 Å². The van der Waals surface area contributed by atoms with E-state index < -0.39 is 11.7 Å². The van der Waals surface area contributed by atoms with E-state index in [1.807, 2.05) is 50.2 Å².